The van der Waals surface area contributed by atoms with Crippen LogP contribution in [0.2, 0.25) is 0 Å². The third kappa shape index (κ3) is 5.24. The molecule has 0 unspecified atom stereocenters. The Kier molecular flexibility index (Phi) is 7.49. The van der Waals surface area contributed by atoms with Crippen molar-refractivity contribution in [1.82, 2.24) is 0 Å². The van der Waals surface area contributed by atoms with E-state index in [-0.39, 0.29) is 11.9 Å². The molecule has 34 heavy (non-hydrogen) atoms. The summed E-state index contributed by atoms with van der Waals surface area (Å²) in [5.41, 5.74) is 1.99. The number of anilines is 1. The first-order valence-electron chi connectivity index (χ1n) is 10.8. The van der Waals surface area contributed by atoms with Gasteiger partial charge in [-0.25, -0.2) is 4.79 Å². The number of thiocarbonyl (C=S) groups is 1. The Morgan fingerprint density at radius 2 is 1.82 bits per heavy atom. The molecule has 6 nitrogen and oxygen atoms in total. The standard InChI is InChI=1S/C26H23NO5S2/c1-3-4-15-31-25(29)18-7-5-17(6-8-18)22-14-13-21(32-22)16-23-24(28)27(26(33)34-23)19-9-11-20(30-2)12-10-19/h5-14,16H,3-4,15H2,1-2H3/b23-16+. The molecule has 0 N–H and O–H groups in total. The van der Waals surface area contributed by atoms with Gasteiger partial charge >= 0.3 is 5.97 Å². The summed E-state index contributed by atoms with van der Waals surface area (Å²) in [7, 11) is 1.59. The number of rotatable bonds is 8. The van der Waals surface area contributed by atoms with Crippen LogP contribution in [-0.4, -0.2) is 29.9 Å². The number of hydrogen-bond acceptors (Lipinski definition) is 7. The number of thioether (sulfide) groups is 1. The van der Waals surface area contributed by atoms with Crippen molar-refractivity contribution in [2.24, 2.45) is 0 Å². The maximum absolute atomic E-state index is 13.0. The second-order valence-electron chi connectivity index (χ2n) is 7.48. The van der Waals surface area contributed by atoms with Crippen molar-refractivity contribution in [3.63, 3.8) is 0 Å². The molecule has 1 aliphatic rings. The molecule has 2 aromatic carbocycles. The van der Waals surface area contributed by atoms with Gasteiger partial charge in [0.15, 0.2) is 4.32 Å². The summed E-state index contributed by atoms with van der Waals surface area (Å²) in [6.07, 6.45) is 3.50. The third-order valence-electron chi connectivity index (χ3n) is 5.16. The smallest absolute Gasteiger partial charge is 0.338 e. The van der Waals surface area contributed by atoms with Crippen molar-refractivity contribution >= 4 is 51.9 Å². The molecule has 0 saturated carbocycles. The molecular weight excluding hydrogens is 470 g/mol. The van der Waals surface area contributed by atoms with Gasteiger partial charge in [-0.05, 0) is 55.0 Å². The Balaban J connectivity index is 1.46. The molecule has 1 saturated heterocycles. The Bertz CT molecular complexity index is 1230. The summed E-state index contributed by atoms with van der Waals surface area (Å²) >= 11 is 6.66. The van der Waals surface area contributed by atoms with Gasteiger partial charge in [0.25, 0.3) is 5.91 Å². The molecule has 0 atom stereocenters. The van der Waals surface area contributed by atoms with E-state index in [0.717, 1.165) is 18.4 Å². The van der Waals surface area contributed by atoms with E-state index >= 15 is 0 Å². The minimum Gasteiger partial charge on any atom is -0.497 e. The zero-order valence-electron chi connectivity index (χ0n) is 18.8. The number of unbranched alkanes of at least 4 members (excludes halogenated alkanes) is 1. The Morgan fingerprint density at radius 1 is 1.09 bits per heavy atom. The van der Waals surface area contributed by atoms with E-state index in [9.17, 15) is 9.59 Å². The minimum atomic E-state index is -0.334. The van der Waals surface area contributed by atoms with E-state index in [1.165, 1.54) is 16.7 Å². The first-order chi connectivity index (χ1) is 16.5. The topological polar surface area (TPSA) is 69.0 Å². The summed E-state index contributed by atoms with van der Waals surface area (Å²) < 4.78 is 16.8. The van der Waals surface area contributed by atoms with Crippen molar-refractivity contribution in [2.45, 2.75) is 19.8 Å². The number of methoxy groups -OCH3 is 1. The molecule has 1 amide bonds. The molecule has 2 heterocycles. The Hall–Kier alpha value is -3.36. The fourth-order valence-electron chi connectivity index (χ4n) is 3.30. The minimum absolute atomic E-state index is 0.205. The van der Waals surface area contributed by atoms with Gasteiger partial charge < -0.3 is 13.9 Å². The van der Waals surface area contributed by atoms with Gasteiger partial charge in [-0.3, -0.25) is 9.69 Å². The molecular formula is C26H23NO5S2. The highest BCUT2D eigenvalue weighted by Gasteiger charge is 2.33. The van der Waals surface area contributed by atoms with Gasteiger partial charge in [0.2, 0.25) is 0 Å². The van der Waals surface area contributed by atoms with Crippen molar-refractivity contribution in [3.8, 4) is 17.1 Å². The van der Waals surface area contributed by atoms with Crippen molar-refractivity contribution in [3.05, 3.63) is 76.9 Å². The van der Waals surface area contributed by atoms with Crippen LogP contribution in [0, 0.1) is 0 Å². The molecule has 0 spiro atoms. The van der Waals surface area contributed by atoms with E-state index in [2.05, 4.69) is 0 Å². The molecule has 4 rings (SSSR count). The largest absolute Gasteiger partial charge is 0.497 e. The highest BCUT2D eigenvalue weighted by atomic mass is 32.2. The van der Waals surface area contributed by atoms with Gasteiger partial charge in [-0.1, -0.05) is 49.5 Å². The Labute approximate surface area is 207 Å². The van der Waals surface area contributed by atoms with Crippen LogP contribution in [0.4, 0.5) is 5.69 Å². The van der Waals surface area contributed by atoms with E-state index in [4.69, 9.17) is 26.1 Å². The molecule has 1 aromatic heterocycles. The molecule has 1 aliphatic heterocycles. The summed E-state index contributed by atoms with van der Waals surface area (Å²) in [5, 5.41) is 0. The number of nitrogens with zero attached hydrogens (tertiary/aromatic N) is 1. The number of furan rings is 1. The predicted octanol–water partition coefficient (Wildman–Crippen LogP) is 6.32. The molecule has 1 fully saturated rings. The third-order valence-corrected chi connectivity index (χ3v) is 6.46. The van der Waals surface area contributed by atoms with Crippen molar-refractivity contribution in [2.75, 3.05) is 18.6 Å². The van der Waals surface area contributed by atoms with Crippen LogP contribution in [0.3, 0.4) is 0 Å². The van der Waals surface area contributed by atoms with Gasteiger partial charge in [0.1, 0.15) is 17.3 Å². The monoisotopic (exact) mass is 493 g/mol. The van der Waals surface area contributed by atoms with Crippen molar-refractivity contribution in [1.29, 1.82) is 0 Å². The quantitative estimate of drug-likeness (QED) is 0.157. The fraction of sp³-hybridized carbons (Fsp3) is 0.192. The lowest BCUT2D eigenvalue weighted by Gasteiger charge is -2.14. The lowest BCUT2D eigenvalue weighted by molar-refractivity contribution is -0.113. The molecule has 3 aromatic rings. The Morgan fingerprint density at radius 3 is 2.50 bits per heavy atom. The van der Waals surface area contributed by atoms with Crippen LogP contribution < -0.4 is 9.64 Å². The summed E-state index contributed by atoms with van der Waals surface area (Å²) in [4.78, 5) is 27.0. The lowest BCUT2D eigenvalue weighted by atomic mass is 10.1. The van der Waals surface area contributed by atoms with Crippen molar-refractivity contribution < 1.29 is 23.5 Å². The summed E-state index contributed by atoms with van der Waals surface area (Å²) in [6.45, 7) is 2.46. The maximum Gasteiger partial charge on any atom is 0.338 e. The van der Waals surface area contributed by atoms with Crippen LogP contribution in [0.5, 0.6) is 5.75 Å². The normalized spacial score (nSPS) is 14.6. The van der Waals surface area contributed by atoms with Crippen LogP contribution >= 0.6 is 24.0 Å². The van der Waals surface area contributed by atoms with Gasteiger partial charge in [-0.15, -0.1) is 0 Å². The van der Waals surface area contributed by atoms with E-state index in [0.29, 0.717) is 44.4 Å². The van der Waals surface area contributed by atoms with Crippen LogP contribution in [0.15, 0.2) is 70.0 Å². The predicted molar refractivity (Wildman–Crippen MR) is 138 cm³/mol. The fourth-order valence-corrected chi connectivity index (χ4v) is 4.58. The number of esters is 1. The van der Waals surface area contributed by atoms with E-state index in [1.807, 2.05) is 25.1 Å². The van der Waals surface area contributed by atoms with Crippen LogP contribution in [0.25, 0.3) is 17.4 Å². The number of ether oxygens (including phenoxy) is 2. The number of amides is 1. The molecule has 0 bridgehead atoms. The maximum atomic E-state index is 13.0. The molecule has 174 valence electrons. The van der Waals surface area contributed by atoms with Gasteiger partial charge in [0, 0.05) is 11.6 Å². The molecule has 0 radical (unpaired) electrons. The number of benzene rings is 2. The molecule has 0 aliphatic carbocycles. The van der Waals surface area contributed by atoms with E-state index < -0.39 is 0 Å². The second-order valence-corrected chi connectivity index (χ2v) is 9.16. The second kappa shape index (κ2) is 10.7. The van der Waals surface area contributed by atoms with Crippen LogP contribution in [-0.2, 0) is 9.53 Å². The van der Waals surface area contributed by atoms with Gasteiger partial charge in [-0.2, -0.15) is 0 Å². The number of carbonyl (C=O) groups is 2. The zero-order chi connectivity index (χ0) is 24.1. The SMILES string of the molecule is CCCCOC(=O)c1ccc(-c2ccc(/C=C3/SC(=S)N(c4ccc(OC)cc4)C3=O)o2)cc1. The average molecular weight is 494 g/mol. The summed E-state index contributed by atoms with van der Waals surface area (Å²) in [6, 6.07) is 17.8. The lowest BCUT2D eigenvalue weighted by Crippen LogP contribution is -2.27. The first-order valence-corrected chi connectivity index (χ1v) is 12.0. The number of carbonyl (C=O) groups excluding carboxylic acids is 2. The molecule has 8 heteroatoms. The van der Waals surface area contributed by atoms with Crippen LogP contribution in [0.1, 0.15) is 35.9 Å². The van der Waals surface area contributed by atoms with E-state index in [1.54, 1.807) is 55.7 Å². The highest BCUT2D eigenvalue weighted by Crippen LogP contribution is 2.37. The highest BCUT2D eigenvalue weighted by molar-refractivity contribution is 8.27. The first kappa shape index (κ1) is 23.8. The van der Waals surface area contributed by atoms with Gasteiger partial charge in [0.05, 0.1) is 29.9 Å². The zero-order valence-corrected chi connectivity index (χ0v) is 20.4. The summed E-state index contributed by atoms with van der Waals surface area (Å²) in [5.74, 6) is 1.33. The average Bonchev–Trinajstić information content (AvgIpc) is 3.43. The number of hydrogen-bond donors (Lipinski definition) is 0.